The minimum absolute atomic E-state index is 0.436. The summed E-state index contributed by atoms with van der Waals surface area (Å²) >= 11 is 1.74. The van der Waals surface area contributed by atoms with Crippen molar-refractivity contribution in [2.75, 3.05) is 13.1 Å². The third-order valence-electron chi connectivity index (χ3n) is 2.71. The first-order valence-corrected chi connectivity index (χ1v) is 6.06. The van der Waals surface area contributed by atoms with Gasteiger partial charge < -0.3 is 5.73 Å². The van der Waals surface area contributed by atoms with E-state index in [1.165, 1.54) is 17.8 Å². The molecule has 1 fully saturated rings. The van der Waals surface area contributed by atoms with Crippen LogP contribution < -0.4 is 5.73 Å². The Morgan fingerprint density at radius 1 is 1.71 bits per heavy atom. The monoisotopic (exact) mass is 211 g/mol. The second-order valence-electron chi connectivity index (χ2n) is 3.80. The molecule has 0 aromatic carbocycles. The van der Waals surface area contributed by atoms with Crippen molar-refractivity contribution in [1.82, 2.24) is 9.88 Å². The van der Waals surface area contributed by atoms with Gasteiger partial charge in [-0.25, -0.2) is 4.98 Å². The lowest BCUT2D eigenvalue weighted by atomic mass is 10.3. The fraction of sp³-hybridized carbons (Fsp3) is 0.700. The minimum atomic E-state index is 0.436. The molecular formula is C10H17N3S. The molecule has 1 aromatic heterocycles. The second kappa shape index (κ2) is 4.38. The first-order valence-electron chi connectivity index (χ1n) is 5.18. The summed E-state index contributed by atoms with van der Waals surface area (Å²) in [6.07, 6.45) is 4.54. The molecular weight excluding hydrogens is 194 g/mol. The van der Waals surface area contributed by atoms with Crippen LogP contribution in [0.4, 0.5) is 0 Å². The van der Waals surface area contributed by atoms with Crippen LogP contribution in [0.25, 0.3) is 0 Å². The lowest BCUT2D eigenvalue weighted by Gasteiger charge is -2.26. The third kappa shape index (κ3) is 2.13. The lowest BCUT2D eigenvalue weighted by molar-refractivity contribution is 0.205. The number of hydrogen-bond acceptors (Lipinski definition) is 4. The van der Waals surface area contributed by atoms with E-state index in [1.807, 2.05) is 11.6 Å². The van der Waals surface area contributed by atoms with Gasteiger partial charge in [-0.3, -0.25) is 4.90 Å². The summed E-state index contributed by atoms with van der Waals surface area (Å²) in [7, 11) is 0. The van der Waals surface area contributed by atoms with Crippen molar-refractivity contribution >= 4 is 11.3 Å². The zero-order chi connectivity index (χ0) is 9.97. The molecule has 2 N–H and O–H groups in total. The van der Waals surface area contributed by atoms with E-state index in [0.29, 0.717) is 6.04 Å². The van der Waals surface area contributed by atoms with Crippen molar-refractivity contribution < 1.29 is 0 Å². The van der Waals surface area contributed by atoms with Gasteiger partial charge in [0, 0.05) is 30.7 Å². The summed E-state index contributed by atoms with van der Waals surface area (Å²) in [5.41, 5.74) is 5.63. The number of rotatable bonds is 5. The SMILES string of the molecule is C[C@H](c1nccs1)N(CCN)C1CC1. The van der Waals surface area contributed by atoms with E-state index in [0.717, 1.165) is 19.1 Å². The Kier molecular flexibility index (Phi) is 3.15. The van der Waals surface area contributed by atoms with Crippen LogP contribution in [0.5, 0.6) is 0 Å². The van der Waals surface area contributed by atoms with Gasteiger partial charge in [-0.15, -0.1) is 11.3 Å². The van der Waals surface area contributed by atoms with Crippen molar-refractivity contribution in [3.8, 4) is 0 Å². The predicted molar refractivity (Wildman–Crippen MR) is 59.3 cm³/mol. The molecule has 2 rings (SSSR count). The van der Waals surface area contributed by atoms with Crippen LogP contribution in [0.3, 0.4) is 0 Å². The lowest BCUT2D eigenvalue weighted by Crippen LogP contribution is -2.33. The average Bonchev–Trinajstić information content (AvgIpc) is 2.88. The number of aromatic nitrogens is 1. The summed E-state index contributed by atoms with van der Waals surface area (Å²) in [5, 5.41) is 3.25. The fourth-order valence-corrected chi connectivity index (χ4v) is 2.55. The van der Waals surface area contributed by atoms with Crippen molar-refractivity contribution in [2.24, 2.45) is 5.73 Å². The smallest absolute Gasteiger partial charge is 0.109 e. The molecule has 0 saturated heterocycles. The first kappa shape index (κ1) is 10.1. The van der Waals surface area contributed by atoms with Gasteiger partial charge >= 0.3 is 0 Å². The van der Waals surface area contributed by atoms with Crippen LogP contribution in [0.1, 0.15) is 30.8 Å². The zero-order valence-electron chi connectivity index (χ0n) is 8.52. The van der Waals surface area contributed by atoms with Crippen LogP contribution in [-0.4, -0.2) is 29.0 Å². The predicted octanol–water partition coefficient (Wildman–Crippen LogP) is 1.63. The Labute approximate surface area is 88.9 Å². The van der Waals surface area contributed by atoms with E-state index in [4.69, 9.17) is 5.73 Å². The van der Waals surface area contributed by atoms with E-state index in [-0.39, 0.29) is 0 Å². The summed E-state index contributed by atoms with van der Waals surface area (Å²) in [6.45, 7) is 3.96. The topological polar surface area (TPSA) is 42.2 Å². The van der Waals surface area contributed by atoms with Crippen molar-refractivity contribution in [3.05, 3.63) is 16.6 Å². The molecule has 1 atom stereocenters. The van der Waals surface area contributed by atoms with Gasteiger partial charge in [-0.1, -0.05) is 0 Å². The summed E-state index contributed by atoms with van der Waals surface area (Å²) in [6, 6.07) is 1.20. The van der Waals surface area contributed by atoms with Gasteiger partial charge in [0.2, 0.25) is 0 Å². The van der Waals surface area contributed by atoms with Gasteiger partial charge in [-0.2, -0.15) is 0 Å². The molecule has 1 aromatic rings. The van der Waals surface area contributed by atoms with Gasteiger partial charge in [0.05, 0.1) is 6.04 Å². The van der Waals surface area contributed by atoms with Gasteiger partial charge in [0.25, 0.3) is 0 Å². The molecule has 0 unspecified atom stereocenters. The highest BCUT2D eigenvalue weighted by atomic mass is 32.1. The van der Waals surface area contributed by atoms with Crippen LogP contribution in [-0.2, 0) is 0 Å². The highest BCUT2D eigenvalue weighted by Crippen LogP contribution is 2.34. The van der Waals surface area contributed by atoms with Crippen molar-refractivity contribution in [2.45, 2.75) is 31.8 Å². The van der Waals surface area contributed by atoms with Gasteiger partial charge in [0.15, 0.2) is 0 Å². The maximum atomic E-state index is 5.63. The zero-order valence-corrected chi connectivity index (χ0v) is 9.33. The molecule has 0 bridgehead atoms. The Hall–Kier alpha value is -0.450. The molecule has 1 aliphatic rings. The van der Waals surface area contributed by atoms with Crippen LogP contribution in [0.2, 0.25) is 0 Å². The Bertz CT molecular complexity index is 269. The van der Waals surface area contributed by atoms with Crippen LogP contribution >= 0.6 is 11.3 Å². The number of thiazole rings is 1. The molecule has 1 saturated carbocycles. The molecule has 14 heavy (non-hydrogen) atoms. The van der Waals surface area contributed by atoms with E-state index < -0.39 is 0 Å². The first-order chi connectivity index (χ1) is 6.83. The molecule has 78 valence electrons. The number of hydrogen-bond donors (Lipinski definition) is 1. The Balaban J connectivity index is 2.02. The Morgan fingerprint density at radius 3 is 3.00 bits per heavy atom. The third-order valence-corrected chi connectivity index (χ3v) is 3.66. The molecule has 4 heteroatoms. The summed E-state index contributed by atoms with van der Waals surface area (Å²) in [5.74, 6) is 0. The largest absolute Gasteiger partial charge is 0.329 e. The molecule has 1 heterocycles. The molecule has 0 spiro atoms. The molecule has 0 amide bonds. The summed E-state index contributed by atoms with van der Waals surface area (Å²) in [4.78, 5) is 6.85. The maximum Gasteiger partial charge on any atom is 0.109 e. The van der Waals surface area contributed by atoms with Gasteiger partial charge in [-0.05, 0) is 19.8 Å². The molecule has 1 aliphatic carbocycles. The molecule has 0 radical (unpaired) electrons. The molecule has 0 aliphatic heterocycles. The average molecular weight is 211 g/mol. The van der Waals surface area contributed by atoms with Gasteiger partial charge in [0.1, 0.15) is 5.01 Å². The highest BCUT2D eigenvalue weighted by molar-refractivity contribution is 7.09. The van der Waals surface area contributed by atoms with E-state index in [9.17, 15) is 0 Å². The second-order valence-corrected chi connectivity index (χ2v) is 4.73. The minimum Gasteiger partial charge on any atom is -0.329 e. The number of nitrogens with two attached hydrogens (primary N) is 1. The van der Waals surface area contributed by atoms with E-state index >= 15 is 0 Å². The quantitative estimate of drug-likeness (QED) is 0.805. The normalized spacial score (nSPS) is 18.8. The van der Waals surface area contributed by atoms with E-state index in [2.05, 4.69) is 16.8 Å². The Morgan fingerprint density at radius 2 is 2.50 bits per heavy atom. The fourth-order valence-electron chi connectivity index (χ4n) is 1.83. The summed E-state index contributed by atoms with van der Waals surface area (Å²) < 4.78 is 0. The highest BCUT2D eigenvalue weighted by Gasteiger charge is 2.32. The number of nitrogens with zero attached hydrogens (tertiary/aromatic N) is 2. The maximum absolute atomic E-state index is 5.63. The van der Waals surface area contributed by atoms with Crippen molar-refractivity contribution in [1.29, 1.82) is 0 Å². The van der Waals surface area contributed by atoms with Crippen molar-refractivity contribution in [3.63, 3.8) is 0 Å². The van der Waals surface area contributed by atoms with Crippen LogP contribution in [0, 0.1) is 0 Å². The molecule has 3 nitrogen and oxygen atoms in total. The van der Waals surface area contributed by atoms with E-state index in [1.54, 1.807) is 11.3 Å². The van der Waals surface area contributed by atoms with Crippen LogP contribution in [0.15, 0.2) is 11.6 Å². The standard InChI is InChI=1S/C10H17N3S/c1-8(10-12-5-7-14-10)13(6-4-11)9-2-3-9/h5,7-9H,2-4,6,11H2,1H3/t8-/m1/s1.